The fourth-order valence-corrected chi connectivity index (χ4v) is 2.19. The Morgan fingerprint density at radius 1 is 1.29 bits per heavy atom. The molecule has 0 aliphatic heterocycles. The molecular weight excluding hydrogens is 340 g/mol. The van der Waals surface area contributed by atoms with Crippen LogP contribution in [-0.4, -0.2) is 16.5 Å². The second kappa shape index (κ2) is 6.53. The number of pyridine rings is 1. The van der Waals surface area contributed by atoms with E-state index < -0.39 is 4.92 Å². The van der Waals surface area contributed by atoms with Crippen LogP contribution in [0.5, 0.6) is 17.2 Å². The normalized spacial score (nSPS) is 10.2. The molecule has 0 aliphatic carbocycles. The lowest BCUT2D eigenvalue weighted by Crippen LogP contribution is -1.98. The van der Waals surface area contributed by atoms with Gasteiger partial charge >= 0.3 is 5.69 Å². The summed E-state index contributed by atoms with van der Waals surface area (Å²) in [7, 11) is 0. The molecule has 2 aromatic rings. The molecule has 0 aliphatic rings. The van der Waals surface area contributed by atoms with Crippen LogP contribution in [0.3, 0.4) is 0 Å². The molecule has 0 bridgehead atoms. The minimum atomic E-state index is -0.488. The van der Waals surface area contributed by atoms with Crippen molar-refractivity contribution in [3.8, 4) is 17.2 Å². The molecule has 7 heteroatoms. The van der Waals surface area contributed by atoms with Crippen molar-refractivity contribution in [2.75, 3.05) is 6.61 Å². The fraction of sp³-hybridized carbons (Fsp3) is 0.214. The van der Waals surface area contributed by atoms with Crippen LogP contribution >= 0.6 is 15.9 Å². The smallest absolute Gasteiger partial charge is 0.311 e. The highest BCUT2D eigenvalue weighted by Crippen LogP contribution is 2.35. The van der Waals surface area contributed by atoms with Crippen LogP contribution in [0.25, 0.3) is 0 Å². The molecule has 0 fully saturated rings. The standard InChI is InChI=1S/C14H13BrN2O4/c1-3-20-13-8-10(5-6-11(13)17(18)19)21-12-7-4-9(2)16-14(12)15/h4-8H,3H2,1-2H3. The maximum absolute atomic E-state index is 10.9. The predicted molar refractivity (Wildman–Crippen MR) is 81.0 cm³/mol. The topological polar surface area (TPSA) is 74.5 Å². The van der Waals surface area contributed by atoms with Crippen molar-refractivity contribution in [3.63, 3.8) is 0 Å². The summed E-state index contributed by atoms with van der Waals surface area (Å²) in [5.74, 6) is 1.14. The number of hydrogen-bond donors (Lipinski definition) is 0. The van der Waals surface area contributed by atoms with E-state index in [0.717, 1.165) is 5.69 Å². The summed E-state index contributed by atoms with van der Waals surface area (Å²) in [6.07, 6.45) is 0. The number of aryl methyl sites for hydroxylation is 1. The van der Waals surface area contributed by atoms with Gasteiger partial charge in [0.15, 0.2) is 5.75 Å². The van der Waals surface area contributed by atoms with Gasteiger partial charge in [0.2, 0.25) is 5.75 Å². The molecule has 6 nitrogen and oxygen atoms in total. The molecule has 0 amide bonds. The highest BCUT2D eigenvalue weighted by Gasteiger charge is 2.16. The summed E-state index contributed by atoms with van der Waals surface area (Å²) >= 11 is 3.32. The third kappa shape index (κ3) is 3.69. The van der Waals surface area contributed by atoms with Crippen molar-refractivity contribution in [1.82, 2.24) is 4.98 Å². The van der Waals surface area contributed by atoms with Gasteiger partial charge in [-0.15, -0.1) is 0 Å². The number of nitrogens with zero attached hydrogens (tertiary/aromatic N) is 2. The maximum atomic E-state index is 10.9. The van der Waals surface area contributed by atoms with E-state index in [0.29, 0.717) is 22.7 Å². The van der Waals surface area contributed by atoms with E-state index in [9.17, 15) is 10.1 Å². The predicted octanol–water partition coefficient (Wildman–Crippen LogP) is 4.25. The quantitative estimate of drug-likeness (QED) is 0.456. The zero-order valence-corrected chi connectivity index (χ0v) is 13.1. The van der Waals surface area contributed by atoms with Gasteiger partial charge in [0.25, 0.3) is 0 Å². The van der Waals surface area contributed by atoms with Gasteiger partial charge in [-0.1, -0.05) is 0 Å². The summed E-state index contributed by atoms with van der Waals surface area (Å²) in [6.45, 7) is 3.96. The van der Waals surface area contributed by atoms with E-state index in [1.54, 1.807) is 13.0 Å². The lowest BCUT2D eigenvalue weighted by molar-refractivity contribution is -0.385. The number of aromatic nitrogens is 1. The molecule has 0 atom stereocenters. The van der Waals surface area contributed by atoms with E-state index in [-0.39, 0.29) is 11.4 Å². The van der Waals surface area contributed by atoms with Crippen LogP contribution in [0, 0.1) is 17.0 Å². The molecule has 2 rings (SSSR count). The van der Waals surface area contributed by atoms with E-state index in [2.05, 4.69) is 20.9 Å². The van der Waals surface area contributed by atoms with Gasteiger partial charge < -0.3 is 9.47 Å². The minimum Gasteiger partial charge on any atom is -0.487 e. The first-order valence-electron chi connectivity index (χ1n) is 6.23. The number of benzene rings is 1. The minimum absolute atomic E-state index is 0.0923. The number of hydrogen-bond acceptors (Lipinski definition) is 5. The Kier molecular flexibility index (Phi) is 4.74. The van der Waals surface area contributed by atoms with Crippen molar-refractivity contribution < 1.29 is 14.4 Å². The summed E-state index contributed by atoms with van der Waals surface area (Å²) in [5.41, 5.74) is 0.762. The van der Waals surface area contributed by atoms with Gasteiger partial charge in [-0.25, -0.2) is 4.98 Å². The Hall–Kier alpha value is -2.15. The largest absolute Gasteiger partial charge is 0.487 e. The third-order valence-electron chi connectivity index (χ3n) is 2.61. The molecule has 0 spiro atoms. The molecule has 0 saturated heterocycles. The molecular formula is C14H13BrN2O4. The summed E-state index contributed by atoms with van der Waals surface area (Å²) < 4.78 is 11.5. The number of halogens is 1. The van der Waals surface area contributed by atoms with Gasteiger partial charge in [0, 0.05) is 17.8 Å². The highest BCUT2D eigenvalue weighted by molar-refractivity contribution is 9.10. The number of nitro groups is 1. The van der Waals surface area contributed by atoms with Gasteiger partial charge in [0.1, 0.15) is 10.4 Å². The van der Waals surface area contributed by atoms with Crippen molar-refractivity contribution in [2.45, 2.75) is 13.8 Å². The molecule has 1 aromatic heterocycles. The molecule has 0 N–H and O–H groups in total. The molecule has 1 aromatic carbocycles. The van der Waals surface area contributed by atoms with Crippen LogP contribution in [0.2, 0.25) is 0 Å². The monoisotopic (exact) mass is 352 g/mol. The second-order valence-electron chi connectivity index (χ2n) is 4.16. The van der Waals surface area contributed by atoms with Crippen molar-refractivity contribution in [1.29, 1.82) is 0 Å². The Balaban J connectivity index is 2.32. The van der Waals surface area contributed by atoms with E-state index in [1.807, 2.05) is 13.0 Å². The van der Waals surface area contributed by atoms with Crippen LogP contribution in [0.1, 0.15) is 12.6 Å². The maximum Gasteiger partial charge on any atom is 0.311 e. The molecule has 110 valence electrons. The Bertz CT molecular complexity index is 676. The highest BCUT2D eigenvalue weighted by atomic mass is 79.9. The van der Waals surface area contributed by atoms with Gasteiger partial charge in [-0.2, -0.15) is 0 Å². The van der Waals surface area contributed by atoms with Gasteiger partial charge in [0.05, 0.1) is 11.5 Å². The molecule has 0 saturated carbocycles. The Morgan fingerprint density at radius 3 is 2.67 bits per heavy atom. The van der Waals surface area contributed by atoms with Crippen LogP contribution < -0.4 is 9.47 Å². The number of ether oxygens (including phenoxy) is 2. The van der Waals surface area contributed by atoms with E-state index in [4.69, 9.17) is 9.47 Å². The average Bonchev–Trinajstić information content (AvgIpc) is 2.42. The molecule has 1 heterocycles. The zero-order valence-electron chi connectivity index (χ0n) is 11.5. The summed E-state index contributed by atoms with van der Waals surface area (Å²) in [4.78, 5) is 14.7. The number of rotatable bonds is 5. The fourth-order valence-electron chi connectivity index (χ4n) is 1.70. The van der Waals surface area contributed by atoms with E-state index >= 15 is 0 Å². The first-order valence-corrected chi connectivity index (χ1v) is 7.02. The number of nitro benzene ring substituents is 1. The van der Waals surface area contributed by atoms with Crippen molar-refractivity contribution in [3.05, 3.63) is 50.7 Å². The molecule has 21 heavy (non-hydrogen) atoms. The van der Waals surface area contributed by atoms with Crippen molar-refractivity contribution >= 4 is 21.6 Å². The molecule has 0 unspecified atom stereocenters. The first-order chi connectivity index (χ1) is 10.0. The lowest BCUT2D eigenvalue weighted by atomic mass is 10.2. The molecule has 0 radical (unpaired) electrons. The lowest BCUT2D eigenvalue weighted by Gasteiger charge is -2.10. The third-order valence-corrected chi connectivity index (χ3v) is 3.18. The Labute approximate surface area is 130 Å². The van der Waals surface area contributed by atoms with Crippen LogP contribution in [0.4, 0.5) is 5.69 Å². The second-order valence-corrected chi connectivity index (χ2v) is 4.91. The Morgan fingerprint density at radius 2 is 2.05 bits per heavy atom. The summed E-state index contributed by atoms with van der Waals surface area (Å²) in [6, 6.07) is 7.96. The van der Waals surface area contributed by atoms with Crippen LogP contribution in [0.15, 0.2) is 34.9 Å². The van der Waals surface area contributed by atoms with E-state index in [1.165, 1.54) is 18.2 Å². The summed E-state index contributed by atoms with van der Waals surface area (Å²) in [5, 5.41) is 10.9. The van der Waals surface area contributed by atoms with Gasteiger partial charge in [-0.05, 0) is 48.0 Å². The SMILES string of the molecule is CCOc1cc(Oc2ccc(C)nc2Br)ccc1[N+](=O)[O-]. The van der Waals surface area contributed by atoms with Crippen LogP contribution in [-0.2, 0) is 0 Å². The van der Waals surface area contributed by atoms with Crippen molar-refractivity contribution in [2.24, 2.45) is 0 Å². The zero-order chi connectivity index (χ0) is 15.4. The van der Waals surface area contributed by atoms with Gasteiger partial charge in [-0.3, -0.25) is 10.1 Å². The average molecular weight is 353 g/mol. The first kappa shape index (κ1) is 15.2.